The number of aliphatic imine (C=N–C) groups is 1. The number of nitrogens with one attached hydrogen (secondary N) is 1. The van der Waals surface area contributed by atoms with Crippen molar-refractivity contribution in [1.29, 1.82) is 0 Å². The quantitative estimate of drug-likeness (QED) is 0.834. The monoisotopic (exact) mass is 320 g/mol. The molecule has 2 heterocycles. The zero-order valence-corrected chi connectivity index (χ0v) is 13.6. The van der Waals surface area contributed by atoms with Crippen LogP contribution in [0.15, 0.2) is 29.3 Å². The van der Waals surface area contributed by atoms with E-state index in [1.165, 1.54) is 29.3 Å². The molecule has 0 aliphatic carbocycles. The maximum Gasteiger partial charge on any atom is 0.164 e. The predicted octanol–water partition coefficient (Wildman–Crippen LogP) is 2.26. The van der Waals surface area contributed by atoms with Gasteiger partial charge < -0.3 is 16.0 Å². The Hall–Kier alpha value is -1.27. The number of nitrogens with zero attached hydrogens (tertiary/aromatic N) is 2. The largest absolute Gasteiger partial charge is 0.376 e. The third-order valence-electron chi connectivity index (χ3n) is 3.88. The number of benzene rings is 1. The fraction of sp³-hybridized carbons (Fsp3) is 0.467. The molecule has 2 aliphatic rings. The van der Waals surface area contributed by atoms with Crippen LogP contribution in [-0.4, -0.2) is 40.1 Å². The molecule has 0 radical (unpaired) electrons. The summed E-state index contributed by atoms with van der Waals surface area (Å²) in [6.45, 7) is 1.92. The minimum absolute atomic E-state index is 0.355. The second kappa shape index (κ2) is 6.66. The number of hydrogen-bond acceptors (Lipinski definition) is 3. The summed E-state index contributed by atoms with van der Waals surface area (Å²) in [4.78, 5) is 7.30. The summed E-state index contributed by atoms with van der Waals surface area (Å²) < 4.78 is 0. The minimum Gasteiger partial charge on any atom is -0.376 e. The summed E-state index contributed by atoms with van der Waals surface area (Å²) in [5.41, 5.74) is 7.73. The van der Waals surface area contributed by atoms with E-state index in [0.717, 1.165) is 25.2 Å². The number of thioether (sulfide) groups is 1. The van der Waals surface area contributed by atoms with Crippen molar-refractivity contribution in [1.82, 2.24) is 10.2 Å². The highest BCUT2D eigenvalue weighted by Crippen LogP contribution is 2.33. The van der Waals surface area contributed by atoms with Crippen molar-refractivity contribution in [2.45, 2.75) is 25.3 Å². The van der Waals surface area contributed by atoms with Crippen LogP contribution in [0, 0.1) is 0 Å². The van der Waals surface area contributed by atoms with Gasteiger partial charge >= 0.3 is 0 Å². The average Bonchev–Trinajstić information content (AvgIpc) is 3.04. The topological polar surface area (TPSA) is 53.6 Å². The van der Waals surface area contributed by atoms with Crippen molar-refractivity contribution in [3.8, 4) is 0 Å². The van der Waals surface area contributed by atoms with Crippen LogP contribution in [0.3, 0.4) is 0 Å². The molecule has 1 atom stereocenters. The molecule has 4 nitrogen and oxygen atoms in total. The van der Waals surface area contributed by atoms with Crippen molar-refractivity contribution in [2.24, 2.45) is 10.7 Å². The van der Waals surface area contributed by atoms with Crippen LogP contribution in [0.5, 0.6) is 0 Å². The molecule has 2 saturated heterocycles. The third kappa shape index (κ3) is 3.68. The van der Waals surface area contributed by atoms with E-state index in [-0.39, 0.29) is 0 Å². The van der Waals surface area contributed by atoms with Crippen LogP contribution < -0.4 is 11.1 Å². The fourth-order valence-electron chi connectivity index (χ4n) is 2.83. The first-order valence-corrected chi connectivity index (χ1v) is 8.72. The molecule has 1 aromatic carbocycles. The molecule has 21 heavy (non-hydrogen) atoms. The standard InChI is InChI=1S/C15H20N4S2/c16-14(20)17-7-6-11-3-1-4-12(9-11)18-15-19-8-2-5-13(19)10-21-15/h1,3-4,9,13H,2,5-8,10H2,(H3,16,17,20). The maximum absolute atomic E-state index is 5.44. The second-order valence-corrected chi connectivity index (χ2v) is 6.83. The Balaban J connectivity index is 1.67. The maximum atomic E-state index is 5.44. The Morgan fingerprint density at radius 3 is 3.29 bits per heavy atom. The van der Waals surface area contributed by atoms with Crippen molar-refractivity contribution < 1.29 is 0 Å². The highest BCUT2D eigenvalue weighted by molar-refractivity contribution is 8.14. The third-order valence-corrected chi connectivity index (χ3v) is 5.16. The van der Waals surface area contributed by atoms with E-state index in [2.05, 4.69) is 34.5 Å². The Morgan fingerprint density at radius 1 is 1.52 bits per heavy atom. The number of amidine groups is 1. The number of rotatable bonds is 4. The molecular formula is C15H20N4S2. The smallest absolute Gasteiger partial charge is 0.164 e. The molecule has 0 saturated carbocycles. The Bertz CT molecular complexity index is 558. The summed E-state index contributed by atoms with van der Waals surface area (Å²) >= 11 is 6.70. The molecule has 0 amide bonds. The van der Waals surface area contributed by atoms with Crippen molar-refractivity contribution in [3.05, 3.63) is 29.8 Å². The van der Waals surface area contributed by atoms with Gasteiger partial charge in [-0.25, -0.2) is 4.99 Å². The van der Waals surface area contributed by atoms with Gasteiger partial charge in [0.05, 0.1) is 5.69 Å². The highest BCUT2D eigenvalue weighted by atomic mass is 32.2. The van der Waals surface area contributed by atoms with Crippen LogP contribution in [0.2, 0.25) is 0 Å². The zero-order valence-electron chi connectivity index (χ0n) is 11.9. The molecule has 3 N–H and O–H groups in total. The molecular weight excluding hydrogens is 300 g/mol. The van der Waals surface area contributed by atoms with Gasteiger partial charge in [-0.05, 0) is 49.2 Å². The lowest BCUT2D eigenvalue weighted by molar-refractivity contribution is 0.440. The molecule has 112 valence electrons. The summed E-state index contributed by atoms with van der Waals surface area (Å²) in [5.74, 6) is 1.19. The molecule has 1 aromatic rings. The van der Waals surface area contributed by atoms with Crippen molar-refractivity contribution >= 4 is 39.9 Å². The summed E-state index contributed by atoms with van der Waals surface area (Å²) in [5, 5.41) is 4.52. The molecule has 0 spiro atoms. The molecule has 0 aromatic heterocycles. The normalized spacial score (nSPS) is 22.6. The Kier molecular flexibility index (Phi) is 4.65. The van der Waals surface area contributed by atoms with Crippen LogP contribution in [-0.2, 0) is 6.42 Å². The molecule has 1 unspecified atom stereocenters. The lowest BCUT2D eigenvalue weighted by atomic mass is 10.1. The summed E-state index contributed by atoms with van der Waals surface area (Å²) in [6.07, 6.45) is 3.52. The molecule has 3 rings (SSSR count). The molecule has 2 aliphatic heterocycles. The van der Waals surface area contributed by atoms with Crippen molar-refractivity contribution in [2.75, 3.05) is 18.8 Å². The van der Waals surface area contributed by atoms with Gasteiger partial charge in [-0.1, -0.05) is 23.9 Å². The lowest BCUT2D eigenvalue weighted by Crippen LogP contribution is -2.30. The second-order valence-electron chi connectivity index (χ2n) is 5.41. The molecule has 0 bridgehead atoms. The summed E-state index contributed by atoms with van der Waals surface area (Å²) in [6, 6.07) is 9.12. The average molecular weight is 320 g/mol. The van der Waals surface area contributed by atoms with Crippen LogP contribution in [0.1, 0.15) is 18.4 Å². The number of thiocarbonyl (C=S) groups is 1. The molecule has 6 heteroatoms. The van der Waals surface area contributed by atoms with Gasteiger partial charge in [-0.2, -0.15) is 0 Å². The number of nitrogens with two attached hydrogens (primary N) is 1. The van der Waals surface area contributed by atoms with Gasteiger partial charge in [0.15, 0.2) is 10.3 Å². The Morgan fingerprint density at radius 2 is 2.43 bits per heavy atom. The highest BCUT2D eigenvalue weighted by Gasteiger charge is 2.33. The van der Waals surface area contributed by atoms with E-state index < -0.39 is 0 Å². The van der Waals surface area contributed by atoms with Crippen molar-refractivity contribution in [3.63, 3.8) is 0 Å². The van der Waals surface area contributed by atoms with E-state index in [1.54, 1.807) is 0 Å². The first kappa shape index (κ1) is 14.7. The van der Waals surface area contributed by atoms with Gasteiger partial charge in [0, 0.05) is 24.9 Å². The zero-order chi connectivity index (χ0) is 14.7. The minimum atomic E-state index is 0.355. The fourth-order valence-corrected chi connectivity index (χ4v) is 4.20. The van der Waals surface area contributed by atoms with Crippen LogP contribution in [0.25, 0.3) is 0 Å². The predicted molar refractivity (Wildman–Crippen MR) is 94.2 cm³/mol. The van der Waals surface area contributed by atoms with E-state index in [1.807, 2.05) is 11.8 Å². The van der Waals surface area contributed by atoms with Gasteiger partial charge in [0.2, 0.25) is 0 Å². The van der Waals surface area contributed by atoms with E-state index in [0.29, 0.717) is 11.2 Å². The SMILES string of the molecule is NC(=S)NCCc1cccc(N=C2SCC3CCCN23)c1. The first-order valence-electron chi connectivity index (χ1n) is 7.33. The van der Waals surface area contributed by atoms with Gasteiger partial charge in [0.1, 0.15) is 0 Å². The molecule has 2 fully saturated rings. The number of hydrogen-bond donors (Lipinski definition) is 2. The summed E-state index contributed by atoms with van der Waals surface area (Å²) in [7, 11) is 0. The van der Waals surface area contributed by atoms with E-state index >= 15 is 0 Å². The van der Waals surface area contributed by atoms with Gasteiger partial charge in [0.25, 0.3) is 0 Å². The number of fused-ring (bicyclic) bond motifs is 1. The van der Waals surface area contributed by atoms with Crippen LogP contribution in [0.4, 0.5) is 5.69 Å². The van der Waals surface area contributed by atoms with Gasteiger partial charge in [-0.3, -0.25) is 0 Å². The Labute approximate surface area is 135 Å². The van der Waals surface area contributed by atoms with E-state index in [9.17, 15) is 0 Å². The van der Waals surface area contributed by atoms with Gasteiger partial charge in [-0.15, -0.1) is 0 Å². The lowest BCUT2D eigenvalue weighted by Gasteiger charge is -2.16. The first-order chi connectivity index (χ1) is 10.2. The van der Waals surface area contributed by atoms with E-state index in [4.69, 9.17) is 22.9 Å². The van der Waals surface area contributed by atoms with Crippen LogP contribution >= 0.6 is 24.0 Å².